The van der Waals surface area contributed by atoms with Gasteiger partial charge in [-0.2, -0.15) is 0 Å². The van der Waals surface area contributed by atoms with Gasteiger partial charge >= 0.3 is 0 Å². The monoisotopic (exact) mass is 500 g/mol. The summed E-state index contributed by atoms with van der Waals surface area (Å²) in [5, 5.41) is 23.1. The Hall–Kier alpha value is -3.23. The van der Waals surface area contributed by atoms with Crippen molar-refractivity contribution in [1.82, 2.24) is 5.32 Å². The fourth-order valence-electron chi connectivity index (χ4n) is 4.75. The normalized spacial score (nSPS) is 20.3. The first-order valence-corrected chi connectivity index (χ1v) is 12.1. The number of nitrogens with one attached hydrogen (secondary N) is 1. The van der Waals surface area contributed by atoms with Crippen molar-refractivity contribution < 1.29 is 28.5 Å². The highest BCUT2D eigenvalue weighted by Gasteiger charge is 2.47. The zero-order valence-corrected chi connectivity index (χ0v) is 20.6. The maximum Gasteiger partial charge on any atom is 0.228 e. The van der Waals surface area contributed by atoms with E-state index in [4.69, 9.17) is 10.5 Å². The molecule has 0 aliphatic heterocycles. The average molecular weight is 501 g/mol. The van der Waals surface area contributed by atoms with Crippen molar-refractivity contribution in [1.29, 1.82) is 0 Å². The molecule has 1 unspecified atom stereocenters. The SMILES string of the molecule is CCc1cccc(CNC2=C(OCCO)C=C[C@](Cc3cc(F)cc(F)c3)(C(N)=O)[C@H]2CC(C)O)c1. The molecule has 0 saturated heterocycles. The number of aliphatic hydroxyl groups is 2. The van der Waals surface area contributed by atoms with Crippen LogP contribution in [0.25, 0.3) is 0 Å². The molecule has 0 spiro atoms. The summed E-state index contributed by atoms with van der Waals surface area (Å²) in [4.78, 5) is 13.0. The summed E-state index contributed by atoms with van der Waals surface area (Å²) in [6.07, 6.45) is 3.30. The average Bonchev–Trinajstić information content (AvgIpc) is 2.82. The Morgan fingerprint density at radius 3 is 2.47 bits per heavy atom. The number of ether oxygens (including phenoxy) is 1. The molecule has 0 radical (unpaired) electrons. The van der Waals surface area contributed by atoms with Gasteiger partial charge in [0.15, 0.2) is 0 Å². The van der Waals surface area contributed by atoms with Crippen molar-refractivity contribution in [2.45, 2.75) is 45.8 Å². The molecule has 1 amide bonds. The van der Waals surface area contributed by atoms with Gasteiger partial charge in [-0.05, 0) is 61.1 Å². The second-order valence-electron chi connectivity index (χ2n) is 9.21. The number of aliphatic hydroxyl groups excluding tert-OH is 2. The van der Waals surface area contributed by atoms with Gasteiger partial charge in [-0.15, -0.1) is 0 Å². The lowest BCUT2D eigenvalue weighted by Gasteiger charge is -2.41. The van der Waals surface area contributed by atoms with Crippen LogP contribution in [0.4, 0.5) is 8.78 Å². The number of amides is 1. The number of benzene rings is 2. The molecule has 3 atom stereocenters. The predicted octanol–water partition coefficient (Wildman–Crippen LogP) is 3.51. The lowest BCUT2D eigenvalue weighted by Crippen LogP contribution is -2.49. The number of hydrogen-bond acceptors (Lipinski definition) is 5. The molecule has 36 heavy (non-hydrogen) atoms. The van der Waals surface area contributed by atoms with Gasteiger partial charge < -0.3 is 26.0 Å². The van der Waals surface area contributed by atoms with Crippen LogP contribution in [0.3, 0.4) is 0 Å². The lowest BCUT2D eigenvalue weighted by atomic mass is 9.65. The fraction of sp³-hybridized carbons (Fsp3) is 0.393. The Balaban J connectivity index is 2.06. The van der Waals surface area contributed by atoms with Crippen LogP contribution in [-0.4, -0.2) is 35.4 Å². The highest BCUT2D eigenvalue weighted by Crippen LogP contribution is 2.45. The summed E-state index contributed by atoms with van der Waals surface area (Å²) in [6, 6.07) is 11.2. The van der Waals surface area contributed by atoms with E-state index in [1.807, 2.05) is 18.2 Å². The Bertz CT molecular complexity index is 1110. The maximum atomic E-state index is 14.0. The molecule has 2 aromatic rings. The molecule has 0 saturated carbocycles. The molecule has 1 aliphatic rings. The maximum absolute atomic E-state index is 14.0. The lowest BCUT2D eigenvalue weighted by molar-refractivity contribution is -0.128. The molecular weight excluding hydrogens is 466 g/mol. The third-order valence-electron chi connectivity index (χ3n) is 6.45. The second kappa shape index (κ2) is 12.1. The van der Waals surface area contributed by atoms with Crippen molar-refractivity contribution in [3.63, 3.8) is 0 Å². The van der Waals surface area contributed by atoms with E-state index >= 15 is 0 Å². The number of aryl methyl sites for hydroxylation is 1. The molecule has 0 heterocycles. The van der Waals surface area contributed by atoms with Crippen LogP contribution in [0.2, 0.25) is 0 Å². The Morgan fingerprint density at radius 1 is 1.17 bits per heavy atom. The summed E-state index contributed by atoms with van der Waals surface area (Å²) in [5.41, 5.74) is 7.53. The third-order valence-corrected chi connectivity index (χ3v) is 6.45. The number of carbonyl (C=O) groups is 1. The Labute approximate surface area is 210 Å². The standard InChI is InChI=1S/C28H34F2N2O4/c1-3-19-5-4-6-20(12-19)17-32-26-24(11-18(2)34)28(27(31)35,8-7-25(26)36-10-9-33)16-21-13-22(29)15-23(30)14-21/h4-8,12-15,18,24,32-34H,3,9-11,16-17H2,1-2H3,(H2,31,35)/t18?,24-,28+/m0/s1. The van der Waals surface area contributed by atoms with E-state index in [-0.39, 0.29) is 31.6 Å². The van der Waals surface area contributed by atoms with Crippen molar-refractivity contribution in [3.8, 4) is 0 Å². The number of carbonyl (C=O) groups excluding carboxylic acids is 1. The number of halogens is 2. The molecule has 1 aliphatic carbocycles. The Kier molecular flexibility index (Phi) is 9.23. The van der Waals surface area contributed by atoms with Crippen molar-refractivity contribution in [2.24, 2.45) is 17.1 Å². The fourth-order valence-corrected chi connectivity index (χ4v) is 4.75. The second-order valence-corrected chi connectivity index (χ2v) is 9.21. The Morgan fingerprint density at radius 2 is 1.86 bits per heavy atom. The number of primary amides is 1. The van der Waals surface area contributed by atoms with E-state index in [1.165, 1.54) is 17.7 Å². The minimum Gasteiger partial charge on any atom is -0.489 e. The highest BCUT2D eigenvalue weighted by atomic mass is 19.1. The molecule has 6 nitrogen and oxygen atoms in total. The first-order chi connectivity index (χ1) is 17.2. The van der Waals surface area contributed by atoms with Crippen LogP contribution < -0.4 is 11.1 Å². The summed E-state index contributed by atoms with van der Waals surface area (Å²) in [7, 11) is 0. The van der Waals surface area contributed by atoms with Crippen LogP contribution in [0.1, 0.15) is 37.0 Å². The topological polar surface area (TPSA) is 105 Å². The molecular formula is C28H34F2N2O4. The van der Waals surface area contributed by atoms with Crippen LogP contribution in [0.15, 0.2) is 66.1 Å². The smallest absolute Gasteiger partial charge is 0.228 e. The number of rotatable bonds is 12. The van der Waals surface area contributed by atoms with Crippen molar-refractivity contribution in [3.05, 3.63) is 94.4 Å². The molecule has 0 fully saturated rings. The van der Waals surface area contributed by atoms with Gasteiger partial charge in [-0.25, -0.2) is 8.78 Å². The van der Waals surface area contributed by atoms with E-state index in [2.05, 4.69) is 18.3 Å². The van der Waals surface area contributed by atoms with Crippen LogP contribution in [-0.2, 0) is 28.9 Å². The van der Waals surface area contributed by atoms with E-state index in [0.29, 0.717) is 18.0 Å². The van der Waals surface area contributed by atoms with E-state index in [0.717, 1.165) is 18.1 Å². The molecule has 194 valence electrons. The molecule has 3 rings (SSSR count). The first kappa shape index (κ1) is 27.4. The first-order valence-electron chi connectivity index (χ1n) is 12.1. The molecule has 0 bridgehead atoms. The van der Waals surface area contributed by atoms with Crippen LogP contribution in [0.5, 0.6) is 0 Å². The molecule has 2 aromatic carbocycles. The quantitative estimate of drug-likeness (QED) is 0.357. The number of nitrogens with two attached hydrogens (primary N) is 1. The van der Waals surface area contributed by atoms with Gasteiger partial charge in [0.05, 0.1) is 23.8 Å². The zero-order valence-electron chi connectivity index (χ0n) is 20.6. The highest BCUT2D eigenvalue weighted by molar-refractivity contribution is 5.85. The number of allylic oxidation sites excluding steroid dienone is 2. The van der Waals surface area contributed by atoms with Gasteiger partial charge in [0.25, 0.3) is 0 Å². The largest absolute Gasteiger partial charge is 0.489 e. The molecule has 0 aromatic heterocycles. The van der Waals surface area contributed by atoms with E-state index in [1.54, 1.807) is 19.1 Å². The van der Waals surface area contributed by atoms with Gasteiger partial charge in [-0.3, -0.25) is 4.79 Å². The molecule has 8 heteroatoms. The number of hydrogen-bond donors (Lipinski definition) is 4. The van der Waals surface area contributed by atoms with Gasteiger partial charge in [0.1, 0.15) is 24.0 Å². The minimum absolute atomic E-state index is 0.0241. The summed E-state index contributed by atoms with van der Waals surface area (Å²) in [6.45, 7) is 3.88. The van der Waals surface area contributed by atoms with Crippen LogP contribution >= 0.6 is 0 Å². The summed E-state index contributed by atoms with van der Waals surface area (Å²) in [5.74, 6) is -2.48. The summed E-state index contributed by atoms with van der Waals surface area (Å²) >= 11 is 0. The van der Waals surface area contributed by atoms with Crippen molar-refractivity contribution >= 4 is 5.91 Å². The van der Waals surface area contributed by atoms with Crippen LogP contribution in [0, 0.1) is 23.0 Å². The van der Waals surface area contributed by atoms with Gasteiger partial charge in [0, 0.05) is 18.5 Å². The van der Waals surface area contributed by atoms with Crippen molar-refractivity contribution in [2.75, 3.05) is 13.2 Å². The minimum atomic E-state index is -1.39. The van der Waals surface area contributed by atoms with E-state index < -0.39 is 35.0 Å². The third kappa shape index (κ3) is 6.50. The summed E-state index contributed by atoms with van der Waals surface area (Å²) < 4.78 is 33.7. The van der Waals surface area contributed by atoms with Gasteiger partial charge in [-0.1, -0.05) is 37.3 Å². The molecule has 5 N–H and O–H groups in total. The van der Waals surface area contributed by atoms with E-state index in [9.17, 15) is 23.8 Å². The predicted molar refractivity (Wildman–Crippen MR) is 133 cm³/mol. The zero-order chi connectivity index (χ0) is 26.3. The van der Waals surface area contributed by atoms with Gasteiger partial charge in [0.2, 0.25) is 5.91 Å².